The van der Waals surface area contributed by atoms with E-state index >= 15 is 0 Å². The third kappa shape index (κ3) is 2.02. The summed E-state index contributed by atoms with van der Waals surface area (Å²) in [6.45, 7) is 2.13. The molecule has 0 radical (unpaired) electrons. The Bertz CT molecular complexity index is 265. The fourth-order valence-corrected chi connectivity index (χ4v) is 1.33. The van der Waals surface area contributed by atoms with Crippen LogP contribution in [0.3, 0.4) is 0 Å². The van der Waals surface area contributed by atoms with Crippen molar-refractivity contribution in [1.82, 2.24) is 0 Å². The molecule has 0 aliphatic rings. The van der Waals surface area contributed by atoms with Crippen LogP contribution >= 0.6 is 23.2 Å². The van der Waals surface area contributed by atoms with E-state index in [1.807, 2.05) is 0 Å². The molecule has 4 heteroatoms. The van der Waals surface area contributed by atoms with Crippen LogP contribution in [0.2, 0.25) is 10.0 Å². The fourth-order valence-electron chi connectivity index (χ4n) is 0.811. The lowest BCUT2D eigenvalue weighted by Gasteiger charge is -2.06. The predicted octanol–water partition coefficient (Wildman–Crippen LogP) is 3.53. The molecule has 0 atom stereocenters. The molecule has 1 rings (SSSR count). The van der Waals surface area contributed by atoms with Crippen LogP contribution in [-0.2, 0) is 0 Å². The highest BCUT2D eigenvalue weighted by Gasteiger charge is 2.09. The zero-order valence-corrected chi connectivity index (χ0v) is 7.92. The lowest BCUT2D eigenvalue weighted by Crippen LogP contribution is -1.95. The van der Waals surface area contributed by atoms with Gasteiger partial charge in [-0.1, -0.05) is 23.2 Å². The second kappa shape index (κ2) is 3.97. The molecule has 0 unspecified atom stereocenters. The molecule has 0 fully saturated rings. The first-order valence-corrected chi connectivity index (χ1v) is 4.18. The van der Waals surface area contributed by atoms with Gasteiger partial charge in [0.05, 0.1) is 11.6 Å². The van der Waals surface area contributed by atoms with Crippen LogP contribution in [0.4, 0.5) is 4.39 Å². The zero-order valence-electron chi connectivity index (χ0n) is 6.40. The van der Waals surface area contributed by atoms with Gasteiger partial charge in [-0.25, -0.2) is 4.39 Å². The normalized spacial score (nSPS) is 10.0. The van der Waals surface area contributed by atoms with Crippen molar-refractivity contribution in [2.45, 2.75) is 6.92 Å². The Labute approximate surface area is 80.0 Å². The highest BCUT2D eigenvalue weighted by molar-refractivity contribution is 6.35. The van der Waals surface area contributed by atoms with E-state index in [-0.39, 0.29) is 15.8 Å². The quantitative estimate of drug-likeness (QED) is 0.723. The number of rotatable bonds is 2. The van der Waals surface area contributed by atoms with Crippen LogP contribution in [0.25, 0.3) is 0 Å². The SMILES string of the molecule is CCOc1c(F)cc(Cl)cc1Cl. The monoisotopic (exact) mass is 208 g/mol. The van der Waals surface area contributed by atoms with E-state index in [9.17, 15) is 4.39 Å². The van der Waals surface area contributed by atoms with Crippen LogP contribution < -0.4 is 4.74 Å². The molecule has 12 heavy (non-hydrogen) atoms. The van der Waals surface area contributed by atoms with Crippen molar-refractivity contribution in [1.29, 1.82) is 0 Å². The highest BCUT2D eigenvalue weighted by atomic mass is 35.5. The molecular weight excluding hydrogens is 202 g/mol. The molecule has 0 amide bonds. The summed E-state index contributed by atoms with van der Waals surface area (Å²) in [5, 5.41) is 0.461. The van der Waals surface area contributed by atoms with Crippen molar-refractivity contribution in [2.24, 2.45) is 0 Å². The van der Waals surface area contributed by atoms with E-state index in [4.69, 9.17) is 27.9 Å². The van der Waals surface area contributed by atoms with Gasteiger partial charge >= 0.3 is 0 Å². The number of hydrogen-bond donors (Lipinski definition) is 0. The Kier molecular flexibility index (Phi) is 3.18. The Morgan fingerprint density at radius 1 is 1.42 bits per heavy atom. The lowest BCUT2D eigenvalue weighted by atomic mass is 10.3. The first kappa shape index (κ1) is 9.62. The summed E-state index contributed by atoms with van der Waals surface area (Å²) in [5.41, 5.74) is 0. The van der Waals surface area contributed by atoms with Gasteiger partial charge in [-0.3, -0.25) is 0 Å². The van der Waals surface area contributed by atoms with Gasteiger partial charge in [0.1, 0.15) is 0 Å². The van der Waals surface area contributed by atoms with Gasteiger partial charge in [0.25, 0.3) is 0 Å². The largest absolute Gasteiger partial charge is 0.489 e. The third-order valence-corrected chi connectivity index (χ3v) is 1.75. The van der Waals surface area contributed by atoms with Gasteiger partial charge < -0.3 is 4.74 Å². The highest BCUT2D eigenvalue weighted by Crippen LogP contribution is 2.30. The second-order valence-corrected chi connectivity index (χ2v) is 2.98. The summed E-state index contributed by atoms with van der Waals surface area (Å²) in [6, 6.07) is 2.61. The molecule has 0 saturated heterocycles. The Morgan fingerprint density at radius 3 is 2.58 bits per heavy atom. The smallest absolute Gasteiger partial charge is 0.173 e. The maximum atomic E-state index is 13.0. The maximum Gasteiger partial charge on any atom is 0.173 e. The molecule has 1 aromatic carbocycles. The van der Waals surface area contributed by atoms with Gasteiger partial charge in [0.2, 0.25) is 0 Å². The first-order valence-electron chi connectivity index (χ1n) is 3.42. The standard InChI is InChI=1S/C8H7Cl2FO/c1-2-12-8-6(10)3-5(9)4-7(8)11/h3-4H,2H2,1H3. The average molecular weight is 209 g/mol. The second-order valence-electron chi connectivity index (χ2n) is 2.13. The Hall–Kier alpha value is -0.470. The molecule has 1 nitrogen and oxygen atoms in total. The maximum absolute atomic E-state index is 13.0. The number of benzene rings is 1. The van der Waals surface area contributed by atoms with Crippen molar-refractivity contribution in [3.05, 3.63) is 28.0 Å². The van der Waals surface area contributed by atoms with Gasteiger partial charge in [-0.15, -0.1) is 0 Å². The molecular formula is C8H7Cl2FO. The summed E-state index contributed by atoms with van der Waals surface area (Å²) in [5.74, 6) is -0.474. The van der Waals surface area contributed by atoms with Crippen LogP contribution in [0, 0.1) is 5.82 Å². The fraction of sp³-hybridized carbons (Fsp3) is 0.250. The van der Waals surface area contributed by atoms with Crippen molar-refractivity contribution in [3.63, 3.8) is 0 Å². The summed E-state index contributed by atoms with van der Waals surface area (Å²) in [7, 11) is 0. The van der Waals surface area contributed by atoms with E-state index in [1.54, 1.807) is 6.92 Å². The lowest BCUT2D eigenvalue weighted by molar-refractivity contribution is 0.322. The minimum atomic E-state index is -0.533. The van der Waals surface area contributed by atoms with Crippen LogP contribution in [-0.4, -0.2) is 6.61 Å². The molecule has 0 N–H and O–H groups in total. The molecule has 1 aromatic rings. The zero-order chi connectivity index (χ0) is 9.14. The molecule has 0 saturated carbocycles. The van der Waals surface area contributed by atoms with E-state index in [2.05, 4.69) is 0 Å². The van der Waals surface area contributed by atoms with Gasteiger partial charge in [0, 0.05) is 5.02 Å². The first-order chi connectivity index (χ1) is 5.65. The molecule has 0 aliphatic carbocycles. The van der Waals surface area contributed by atoms with Crippen LogP contribution in [0.5, 0.6) is 5.75 Å². The molecule has 0 bridgehead atoms. The molecule has 0 heterocycles. The van der Waals surface area contributed by atoms with E-state index in [0.717, 1.165) is 0 Å². The minimum Gasteiger partial charge on any atom is -0.489 e. The van der Waals surface area contributed by atoms with Crippen LogP contribution in [0.1, 0.15) is 6.92 Å². The van der Waals surface area contributed by atoms with Gasteiger partial charge in [-0.05, 0) is 19.1 Å². The Balaban J connectivity index is 3.10. The summed E-state index contributed by atoms with van der Waals surface area (Å²) in [6.07, 6.45) is 0. The predicted molar refractivity (Wildman–Crippen MR) is 47.6 cm³/mol. The number of ether oxygens (including phenoxy) is 1. The number of halogens is 3. The van der Waals surface area contributed by atoms with Crippen molar-refractivity contribution in [2.75, 3.05) is 6.61 Å². The van der Waals surface area contributed by atoms with Crippen molar-refractivity contribution < 1.29 is 9.13 Å². The topological polar surface area (TPSA) is 9.23 Å². The summed E-state index contributed by atoms with van der Waals surface area (Å²) < 4.78 is 18.0. The molecule has 66 valence electrons. The van der Waals surface area contributed by atoms with Crippen molar-refractivity contribution in [3.8, 4) is 5.75 Å². The van der Waals surface area contributed by atoms with E-state index in [1.165, 1.54) is 12.1 Å². The van der Waals surface area contributed by atoms with Crippen LogP contribution in [0.15, 0.2) is 12.1 Å². The van der Waals surface area contributed by atoms with E-state index in [0.29, 0.717) is 6.61 Å². The third-order valence-electron chi connectivity index (χ3n) is 1.25. The van der Waals surface area contributed by atoms with Gasteiger partial charge in [-0.2, -0.15) is 0 Å². The summed E-state index contributed by atoms with van der Waals surface area (Å²) in [4.78, 5) is 0. The summed E-state index contributed by atoms with van der Waals surface area (Å²) >= 11 is 11.2. The molecule has 0 spiro atoms. The minimum absolute atomic E-state index is 0.0589. The number of hydrogen-bond acceptors (Lipinski definition) is 1. The molecule has 0 aliphatic heterocycles. The average Bonchev–Trinajstić information content (AvgIpc) is 1.96. The Morgan fingerprint density at radius 2 is 2.08 bits per heavy atom. The van der Waals surface area contributed by atoms with Gasteiger partial charge in [0.15, 0.2) is 11.6 Å². The molecule has 0 aromatic heterocycles. The van der Waals surface area contributed by atoms with E-state index < -0.39 is 5.82 Å². The van der Waals surface area contributed by atoms with Crippen molar-refractivity contribution >= 4 is 23.2 Å².